The van der Waals surface area contributed by atoms with Crippen molar-refractivity contribution in [3.05, 3.63) is 84.2 Å². The average molecular weight is 405 g/mol. The van der Waals surface area contributed by atoms with Crippen LogP contribution in [0.25, 0.3) is 5.69 Å². The van der Waals surface area contributed by atoms with E-state index in [2.05, 4.69) is 22.3 Å². The van der Waals surface area contributed by atoms with Crippen LogP contribution in [0.4, 0.5) is 0 Å². The second-order valence-corrected chi connectivity index (χ2v) is 7.28. The second-order valence-electron chi connectivity index (χ2n) is 7.28. The van der Waals surface area contributed by atoms with E-state index in [4.69, 9.17) is 9.47 Å². The first kappa shape index (κ1) is 20.2. The number of ether oxygens (including phenoxy) is 2. The SMILES string of the molecule is COc1ccc(C(CNC(=O)c2ccc(-n3cccc3)cc2)N2CCOCC2)cc1. The minimum atomic E-state index is -0.0687. The fourth-order valence-corrected chi connectivity index (χ4v) is 3.76. The third-order valence-corrected chi connectivity index (χ3v) is 5.48. The molecule has 156 valence electrons. The van der Waals surface area contributed by atoms with Crippen LogP contribution in [0.15, 0.2) is 73.1 Å². The number of rotatable bonds is 7. The molecule has 1 unspecified atom stereocenters. The summed E-state index contributed by atoms with van der Waals surface area (Å²) in [7, 11) is 1.66. The van der Waals surface area contributed by atoms with Gasteiger partial charge in [0.05, 0.1) is 26.4 Å². The molecule has 1 aliphatic heterocycles. The summed E-state index contributed by atoms with van der Waals surface area (Å²) in [6.45, 7) is 3.64. The van der Waals surface area contributed by atoms with Crippen molar-refractivity contribution in [2.45, 2.75) is 6.04 Å². The van der Waals surface area contributed by atoms with E-state index in [0.717, 1.165) is 30.1 Å². The highest BCUT2D eigenvalue weighted by Crippen LogP contribution is 2.24. The Bertz CT molecular complexity index is 931. The van der Waals surface area contributed by atoms with E-state index in [9.17, 15) is 4.79 Å². The lowest BCUT2D eigenvalue weighted by Crippen LogP contribution is -2.43. The zero-order chi connectivity index (χ0) is 20.8. The van der Waals surface area contributed by atoms with Crippen LogP contribution in [0.1, 0.15) is 22.0 Å². The normalized spacial score (nSPS) is 15.5. The van der Waals surface area contributed by atoms with Gasteiger partial charge < -0.3 is 19.4 Å². The van der Waals surface area contributed by atoms with Crippen LogP contribution in [0.2, 0.25) is 0 Å². The molecule has 0 aliphatic carbocycles. The quantitative estimate of drug-likeness (QED) is 0.655. The summed E-state index contributed by atoms with van der Waals surface area (Å²) in [6, 6.07) is 19.7. The molecule has 2 heterocycles. The van der Waals surface area contributed by atoms with E-state index in [0.29, 0.717) is 25.3 Å². The molecule has 4 rings (SSSR count). The molecule has 0 saturated carbocycles. The molecule has 1 aliphatic rings. The first-order chi connectivity index (χ1) is 14.7. The maximum Gasteiger partial charge on any atom is 0.251 e. The van der Waals surface area contributed by atoms with Crippen molar-refractivity contribution >= 4 is 5.91 Å². The van der Waals surface area contributed by atoms with Crippen LogP contribution >= 0.6 is 0 Å². The van der Waals surface area contributed by atoms with Crippen LogP contribution in [0.3, 0.4) is 0 Å². The number of benzene rings is 2. The van der Waals surface area contributed by atoms with Gasteiger partial charge in [0.15, 0.2) is 0 Å². The Morgan fingerprint density at radius 2 is 1.70 bits per heavy atom. The van der Waals surface area contributed by atoms with Crippen molar-refractivity contribution in [3.8, 4) is 11.4 Å². The van der Waals surface area contributed by atoms with E-state index < -0.39 is 0 Å². The van der Waals surface area contributed by atoms with Gasteiger partial charge >= 0.3 is 0 Å². The first-order valence-electron chi connectivity index (χ1n) is 10.2. The topological polar surface area (TPSA) is 55.7 Å². The van der Waals surface area contributed by atoms with E-state index >= 15 is 0 Å². The van der Waals surface area contributed by atoms with Gasteiger partial charge in [-0.05, 0) is 54.1 Å². The first-order valence-corrected chi connectivity index (χ1v) is 10.2. The van der Waals surface area contributed by atoms with Gasteiger partial charge in [-0.25, -0.2) is 0 Å². The molecule has 2 aromatic carbocycles. The molecule has 0 spiro atoms. The lowest BCUT2D eigenvalue weighted by Gasteiger charge is -2.35. The van der Waals surface area contributed by atoms with Gasteiger partial charge in [-0.1, -0.05) is 12.1 Å². The Morgan fingerprint density at radius 3 is 2.33 bits per heavy atom. The van der Waals surface area contributed by atoms with Crippen LogP contribution in [-0.2, 0) is 4.74 Å². The zero-order valence-corrected chi connectivity index (χ0v) is 17.2. The van der Waals surface area contributed by atoms with Gasteiger partial charge in [-0.2, -0.15) is 0 Å². The van der Waals surface area contributed by atoms with Crippen molar-refractivity contribution in [1.82, 2.24) is 14.8 Å². The number of nitrogens with one attached hydrogen (secondary N) is 1. The zero-order valence-electron chi connectivity index (χ0n) is 17.2. The molecule has 1 fully saturated rings. The second kappa shape index (κ2) is 9.61. The molecule has 1 amide bonds. The van der Waals surface area contributed by atoms with Gasteiger partial charge in [0.25, 0.3) is 5.91 Å². The Kier molecular flexibility index (Phi) is 6.47. The number of carbonyl (C=O) groups is 1. The Balaban J connectivity index is 1.45. The number of methoxy groups -OCH3 is 1. The molecule has 1 saturated heterocycles. The monoisotopic (exact) mass is 405 g/mol. The number of hydrogen-bond acceptors (Lipinski definition) is 4. The van der Waals surface area contributed by atoms with Gasteiger partial charge in [0.1, 0.15) is 5.75 Å². The van der Waals surface area contributed by atoms with Crippen LogP contribution in [0.5, 0.6) is 5.75 Å². The van der Waals surface area contributed by atoms with Gasteiger partial charge in [0, 0.05) is 43.3 Å². The van der Waals surface area contributed by atoms with E-state index in [1.807, 2.05) is 65.5 Å². The molecule has 30 heavy (non-hydrogen) atoms. The molecule has 1 N–H and O–H groups in total. The predicted octanol–water partition coefficient (Wildman–Crippen LogP) is 3.29. The molecule has 3 aromatic rings. The summed E-state index contributed by atoms with van der Waals surface area (Å²) in [5.74, 6) is 0.757. The van der Waals surface area contributed by atoms with Crippen LogP contribution in [-0.4, -0.2) is 55.3 Å². The summed E-state index contributed by atoms with van der Waals surface area (Å²) in [6.07, 6.45) is 3.97. The molecular formula is C24H27N3O3. The van der Waals surface area contributed by atoms with Crippen molar-refractivity contribution in [2.75, 3.05) is 40.0 Å². The molecule has 6 heteroatoms. The highest BCUT2D eigenvalue weighted by Gasteiger charge is 2.23. The number of morpholine rings is 1. The van der Waals surface area contributed by atoms with E-state index in [1.165, 1.54) is 0 Å². The summed E-state index contributed by atoms with van der Waals surface area (Å²) in [5.41, 5.74) is 2.84. The average Bonchev–Trinajstić information content (AvgIpc) is 3.35. The highest BCUT2D eigenvalue weighted by molar-refractivity contribution is 5.94. The standard InChI is InChI=1S/C24H27N3O3/c1-29-22-10-6-19(7-11-22)23(27-14-16-30-17-15-27)18-25-24(28)20-4-8-21(9-5-20)26-12-2-3-13-26/h2-13,23H,14-18H2,1H3,(H,25,28). The Morgan fingerprint density at radius 1 is 1.03 bits per heavy atom. The molecule has 6 nitrogen and oxygen atoms in total. The summed E-state index contributed by atoms with van der Waals surface area (Å²) in [4.78, 5) is 15.1. The van der Waals surface area contributed by atoms with Crippen molar-refractivity contribution in [3.63, 3.8) is 0 Å². The maximum absolute atomic E-state index is 12.8. The van der Waals surface area contributed by atoms with Crippen LogP contribution < -0.4 is 10.1 Å². The minimum Gasteiger partial charge on any atom is -0.497 e. The lowest BCUT2D eigenvalue weighted by atomic mass is 10.0. The fraction of sp³-hybridized carbons (Fsp3) is 0.292. The summed E-state index contributed by atoms with van der Waals surface area (Å²) >= 11 is 0. The van der Waals surface area contributed by atoms with Gasteiger partial charge in [-0.3, -0.25) is 9.69 Å². The Hall–Kier alpha value is -3.09. The van der Waals surface area contributed by atoms with Crippen molar-refractivity contribution < 1.29 is 14.3 Å². The maximum atomic E-state index is 12.8. The number of nitrogens with zero attached hydrogens (tertiary/aromatic N) is 2. The molecule has 0 bridgehead atoms. The number of amides is 1. The third kappa shape index (κ3) is 4.72. The third-order valence-electron chi connectivity index (χ3n) is 5.48. The Labute approximate surface area is 177 Å². The highest BCUT2D eigenvalue weighted by atomic mass is 16.5. The molecule has 1 aromatic heterocycles. The summed E-state index contributed by atoms with van der Waals surface area (Å²) in [5, 5.41) is 3.12. The molecular weight excluding hydrogens is 378 g/mol. The largest absolute Gasteiger partial charge is 0.497 e. The van der Waals surface area contributed by atoms with Gasteiger partial charge in [0.2, 0.25) is 0 Å². The lowest BCUT2D eigenvalue weighted by molar-refractivity contribution is 0.0162. The number of carbonyl (C=O) groups excluding carboxylic acids is 1. The molecule has 0 radical (unpaired) electrons. The van der Waals surface area contributed by atoms with E-state index in [1.54, 1.807) is 7.11 Å². The van der Waals surface area contributed by atoms with Crippen LogP contribution in [0, 0.1) is 0 Å². The van der Waals surface area contributed by atoms with Gasteiger partial charge in [-0.15, -0.1) is 0 Å². The number of hydrogen-bond donors (Lipinski definition) is 1. The smallest absolute Gasteiger partial charge is 0.251 e. The van der Waals surface area contributed by atoms with E-state index in [-0.39, 0.29) is 11.9 Å². The van der Waals surface area contributed by atoms with Crippen molar-refractivity contribution in [1.29, 1.82) is 0 Å². The molecule has 1 atom stereocenters. The summed E-state index contributed by atoms with van der Waals surface area (Å²) < 4.78 is 12.8. The minimum absolute atomic E-state index is 0.0687. The predicted molar refractivity (Wildman–Crippen MR) is 116 cm³/mol. The fourth-order valence-electron chi connectivity index (χ4n) is 3.76. The number of aromatic nitrogens is 1. The van der Waals surface area contributed by atoms with Crippen molar-refractivity contribution in [2.24, 2.45) is 0 Å².